The Morgan fingerprint density at radius 1 is 1.29 bits per heavy atom. The molecule has 0 heterocycles. The zero-order chi connectivity index (χ0) is 9.92. The number of fused-ring (bicyclic) bond motifs is 5. The maximum atomic E-state index is 11.6. The Bertz CT molecular complexity index is 393. The van der Waals surface area contributed by atoms with Crippen LogP contribution in [0.5, 0.6) is 0 Å². The fraction of sp³-hybridized carbons (Fsp3) is 0.455. The molecule has 72 valence electrons. The molecule has 2 bridgehead atoms. The van der Waals surface area contributed by atoms with E-state index in [0.717, 1.165) is 6.42 Å². The summed E-state index contributed by atoms with van der Waals surface area (Å²) in [6.07, 6.45) is 7.07. The monoisotopic (exact) mass is 190 g/mol. The van der Waals surface area contributed by atoms with Gasteiger partial charge in [0.1, 0.15) is 5.60 Å². The minimum absolute atomic E-state index is 0.0615. The van der Waals surface area contributed by atoms with Crippen molar-refractivity contribution in [1.82, 2.24) is 0 Å². The molecule has 1 saturated carbocycles. The molecular weight excluding hydrogens is 180 g/mol. The lowest BCUT2D eigenvalue weighted by atomic mass is 9.71. The van der Waals surface area contributed by atoms with Crippen LogP contribution in [0.25, 0.3) is 0 Å². The molecule has 0 radical (unpaired) electrons. The third kappa shape index (κ3) is 0.686. The second-order valence-corrected chi connectivity index (χ2v) is 4.29. The van der Waals surface area contributed by atoms with E-state index in [1.54, 1.807) is 0 Å². The van der Waals surface area contributed by atoms with E-state index in [2.05, 4.69) is 0 Å². The SMILES string of the molecule is O=C1C=CC(=O)[C@]2(O)[C@@H]3C=C[C@@H](C3)[C@H]12. The number of allylic oxidation sites excluding steroid dienone is 2. The predicted octanol–water partition coefficient (Wildman–Crippen LogP) is 0.248. The summed E-state index contributed by atoms with van der Waals surface area (Å²) in [6, 6.07) is 0. The number of aliphatic hydroxyl groups is 1. The van der Waals surface area contributed by atoms with Crippen LogP contribution < -0.4 is 0 Å². The molecule has 4 atom stereocenters. The Kier molecular flexibility index (Phi) is 1.29. The average Bonchev–Trinajstić information content (AvgIpc) is 2.71. The number of ketones is 2. The number of rotatable bonds is 0. The third-order valence-electron chi connectivity index (χ3n) is 3.68. The van der Waals surface area contributed by atoms with Gasteiger partial charge in [0.25, 0.3) is 0 Å². The summed E-state index contributed by atoms with van der Waals surface area (Å²) in [6.45, 7) is 0. The zero-order valence-corrected chi connectivity index (χ0v) is 7.51. The molecule has 0 aromatic heterocycles. The Labute approximate surface area is 81.1 Å². The molecule has 0 aromatic rings. The number of carbonyl (C=O) groups excluding carboxylic acids is 2. The highest BCUT2D eigenvalue weighted by Crippen LogP contribution is 2.52. The van der Waals surface area contributed by atoms with Gasteiger partial charge in [-0.3, -0.25) is 9.59 Å². The average molecular weight is 190 g/mol. The van der Waals surface area contributed by atoms with Crippen molar-refractivity contribution in [2.24, 2.45) is 17.8 Å². The molecule has 0 amide bonds. The topological polar surface area (TPSA) is 54.4 Å². The normalized spacial score (nSPS) is 48.8. The fourth-order valence-electron chi connectivity index (χ4n) is 3.02. The summed E-state index contributed by atoms with van der Waals surface area (Å²) >= 11 is 0. The minimum atomic E-state index is -1.43. The first kappa shape index (κ1) is 8.12. The molecule has 3 rings (SSSR count). The lowest BCUT2D eigenvalue weighted by molar-refractivity contribution is -0.148. The van der Waals surface area contributed by atoms with Gasteiger partial charge in [-0.2, -0.15) is 0 Å². The molecule has 3 aliphatic rings. The summed E-state index contributed by atoms with van der Waals surface area (Å²) in [4.78, 5) is 23.2. The molecule has 14 heavy (non-hydrogen) atoms. The summed E-state index contributed by atoms with van der Waals surface area (Å²) in [5.41, 5.74) is -1.43. The van der Waals surface area contributed by atoms with E-state index in [9.17, 15) is 14.7 Å². The van der Waals surface area contributed by atoms with Gasteiger partial charge in [0.2, 0.25) is 0 Å². The summed E-state index contributed by atoms with van der Waals surface area (Å²) in [5, 5.41) is 10.3. The Morgan fingerprint density at radius 2 is 2.07 bits per heavy atom. The van der Waals surface area contributed by atoms with Crippen molar-refractivity contribution < 1.29 is 14.7 Å². The molecule has 3 aliphatic carbocycles. The lowest BCUT2D eigenvalue weighted by Crippen LogP contribution is -2.53. The van der Waals surface area contributed by atoms with E-state index < -0.39 is 11.5 Å². The largest absolute Gasteiger partial charge is 0.380 e. The smallest absolute Gasteiger partial charge is 0.188 e. The second-order valence-electron chi connectivity index (χ2n) is 4.29. The highest BCUT2D eigenvalue weighted by atomic mass is 16.3. The van der Waals surface area contributed by atoms with E-state index in [1.165, 1.54) is 12.2 Å². The number of hydrogen-bond acceptors (Lipinski definition) is 3. The van der Waals surface area contributed by atoms with Crippen LogP contribution in [0.15, 0.2) is 24.3 Å². The maximum Gasteiger partial charge on any atom is 0.188 e. The quantitative estimate of drug-likeness (QED) is 0.557. The van der Waals surface area contributed by atoms with Crippen LogP contribution in [0, 0.1) is 17.8 Å². The van der Waals surface area contributed by atoms with Crippen LogP contribution in [-0.2, 0) is 9.59 Å². The van der Waals surface area contributed by atoms with E-state index in [1.807, 2.05) is 12.2 Å². The van der Waals surface area contributed by atoms with E-state index >= 15 is 0 Å². The summed E-state index contributed by atoms with van der Waals surface area (Å²) < 4.78 is 0. The standard InChI is InChI=1S/C11H10O3/c12-8-3-4-9(13)11(14)7-2-1-6(5-7)10(8)11/h1-4,6-7,10,14H,5H2/t6-,7+,10+,11+/m0/s1. The highest BCUT2D eigenvalue weighted by molar-refractivity contribution is 6.12. The van der Waals surface area contributed by atoms with Gasteiger partial charge in [-0.1, -0.05) is 12.2 Å². The molecule has 0 aliphatic heterocycles. The van der Waals surface area contributed by atoms with Gasteiger partial charge in [-0.05, 0) is 24.5 Å². The molecule has 3 nitrogen and oxygen atoms in total. The lowest BCUT2D eigenvalue weighted by Gasteiger charge is -2.35. The van der Waals surface area contributed by atoms with Crippen molar-refractivity contribution >= 4 is 11.6 Å². The van der Waals surface area contributed by atoms with E-state index in [4.69, 9.17) is 0 Å². The first-order chi connectivity index (χ1) is 6.64. The number of hydrogen-bond donors (Lipinski definition) is 1. The van der Waals surface area contributed by atoms with Crippen LogP contribution >= 0.6 is 0 Å². The van der Waals surface area contributed by atoms with Gasteiger partial charge >= 0.3 is 0 Å². The first-order valence-corrected chi connectivity index (χ1v) is 4.81. The van der Waals surface area contributed by atoms with Crippen molar-refractivity contribution in [3.63, 3.8) is 0 Å². The molecule has 3 heteroatoms. The third-order valence-corrected chi connectivity index (χ3v) is 3.68. The van der Waals surface area contributed by atoms with E-state index in [0.29, 0.717) is 0 Å². The van der Waals surface area contributed by atoms with Crippen molar-refractivity contribution in [2.45, 2.75) is 12.0 Å². The summed E-state index contributed by atoms with van der Waals surface area (Å²) in [5.74, 6) is -1.02. The molecule has 0 unspecified atom stereocenters. The van der Waals surface area contributed by atoms with Crippen LogP contribution in [-0.4, -0.2) is 22.3 Å². The maximum absolute atomic E-state index is 11.6. The van der Waals surface area contributed by atoms with Crippen molar-refractivity contribution in [1.29, 1.82) is 0 Å². The Balaban J connectivity index is 2.19. The van der Waals surface area contributed by atoms with Crippen LogP contribution in [0.1, 0.15) is 6.42 Å². The molecule has 0 saturated heterocycles. The minimum Gasteiger partial charge on any atom is -0.380 e. The fourth-order valence-corrected chi connectivity index (χ4v) is 3.02. The first-order valence-electron chi connectivity index (χ1n) is 4.81. The van der Waals surface area contributed by atoms with Crippen molar-refractivity contribution in [2.75, 3.05) is 0 Å². The van der Waals surface area contributed by atoms with Crippen molar-refractivity contribution in [3.8, 4) is 0 Å². The highest BCUT2D eigenvalue weighted by Gasteiger charge is 2.62. The Morgan fingerprint density at radius 3 is 2.79 bits per heavy atom. The summed E-state index contributed by atoms with van der Waals surface area (Å²) in [7, 11) is 0. The van der Waals surface area contributed by atoms with Gasteiger partial charge in [-0.25, -0.2) is 0 Å². The predicted molar refractivity (Wildman–Crippen MR) is 48.3 cm³/mol. The molecule has 0 spiro atoms. The van der Waals surface area contributed by atoms with Crippen molar-refractivity contribution in [3.05, 3.63) is 24.3 Å². The molecule has 1 fully saturated rings. The van der Waals surface area contributed by atoms with Gasteiger partial charge in [0, 0.05) is 5.92 Å². The van der Waals surface area contributed by atoms with Crippen LogP contribution in [0.3, 0.4) is 0 Å². The molecular formula is C11H10O3. The van der Waals surface area contributed by atoms with Gasteiger partial charge in [0.05, 0.1) is 5.92 Å². The molecule has 0 aromatic carbocycles. The van der Waals surface area contributed by atoms with Crippen LogP contribution in [0.4, 0.5) is 0 Å². The van der Waals surface area contributed by atoms with Gasteiger partial charge < -0.3 is 5.11 Å². The van der Waals surface area contributed by atoms with E-state index in [-0.39, 0.29) is 23.4 Å². The Hall–Kier alpha value is -1.22. The van der Waals surface area contributed by atoms with Gasteiger partial charge in [-0.15, -0.1) is 0 Å². The molecule has 1 N–H and O–H groups in total. The second kappa shape index (κ2) is 2.23. The zero-order valence-electron chi connectivity index (χ0n) is 7.51. The van der Waals surface area contributed by atoms with Gasteiger partial charge in [0.15, 0.2) is 11.6 Å². The number of carbonyl (C=O) groups is 2. The van der Waals surface area contributed by atoms with Crippen LogP contribution in [0.2, 0.25) is 0 Å².